The summed E-state index contributed by atoms with van der Waals surface area (Å²) in [6.45, 7) is 2.82. The normalized spacial score (nSPS) is 22.0. The minimum atomic E-state index is -0.845. The fraction of sp³-hybridized carbons (Fsp3) is 0.824. The van der Waals surface area contributed by atoms with Crippen LogP contribution in [0.4, 0.5) is 0 Å². The molecular formula is C17H30ClN3O4. The highest BCUT2D eigenvalue weighted by Crippen LogP contribution is 2.16. The van der Waals surface area contributed by atoms with Gasteiger partial charge in [-0.2, -0.15) is 0 Å². The van der Waals surface area contributed by atoms with Gasteiger partial charge in [-0.1, -0.05) is 12.8 Å². The quantitative estimate of drug-likeness (QED) is 0.654. The molecule has 0 aromatic rings. The molecule has 2 saturated heterocycles. The van der Waals surface area contributed by atoms with Crippen LogP contribution in [0.2, 0.25) is 0 Å². The highest BCUT2D eigenvalue weighted by atomic mass is 35.5. The monoisotopic (exact) mass is 375 g/mol. The molecule has 2 fully saturated rings. The summed E-state index contributed by atoms with van der Waals surface area (Å²) < 4.78 is 0. The summed E-state index contributed by atoms with van der Waals surface area (Å²) in [7, 11) is 0. The lowest BCUT2D eigenvalue weighted by Gasteiger charge is -2.32. The minimum absolute atomic E-state index is 0. The summed E-state index contributed by atoms with van der Waals surface area (Å²) in [5.74, 6) is -0.760. The predicted octanol–water partition coefficient (Wildman–Crippen LogP) is 1.26. The first kappa shape index (κ1) is 21.7. The largest absolute Gasteiger partial charge is 0.480 e. The van der Waals surface area contributed by atoms with Gasteiger partial charge in [-0.05, 0) is 38.6 Å². The van der Waals surface area contributed by atoms with E-state index in [0.29, 0.717) is 32.5 Å². The number of hydrogen-bond acceptors (Lipinski definition) is 4. The molecule has 7 nitrogen and oxygen atoms in total. The number of likely N-dealkylation sites (tertiary alicyclic amines) is 2. The van der Waals surface area contributed by atoms with Crippen molar-refractivity contribution >= 4 is 30.2 Å². The Balaban J connectivity index is 0.00000312. The van der Waals surface area contributed by atoms with Gasteiger partial charge in [0, 0.05) is 26.1 Å². The molecule has 0 bridgehead atoms. The van der Waals surface area contributed by atoms with Crippen molar-refractivity contribution in [3.05, 3.63) is 0 Å². The summed E-state index contributed by atoms with van der Waals surface area (Å²) in [6, 6.07) is -0.542. The summed E-state index contributed by atoms with van der Waals surface area (Å²) >= 11 is 0. The molecule has 144 valence electrons. The number of carboxylic acid groups (broad SMARTS) is 1. The van der Waals surface area contributed by atoms with Crippen LogP contribution in [-0.2, 0) is 14.4 Å². The number of carbonyl (C=O) groups is 3. The summed E-state index contributed by atoms with van der Waals surface area (Å²) in [4.78, 5) is 38.8. The molecule has 0 aliphatic carbocycles. The third-order valence-electron chi connectivity index (χ3n) is 4.84. The van der Waals surface area contributed by atoms with E-state index in [9.17, 15) is 19.5 Å². The van der Waals surface area contributed by atoms with Gasteiger partial charge in [0.05, 0.1) is 6.54 Å². The van der Waals surface area contributed by atoms with Crippen LogP contribution in [0.1, 0.15) is 51.4 Å². The fourth-order valence-corrected chi connectivity index (χ4v) is 3.47. The van der Waals surface area contributed by atoms with Gasteiger partial charge in [0.15, 0.2) is 0 Å². The van der Waals surface area contributed by atoms with Crippen molar-refractivity contribution in [1.29, 1.82) is 0 Å². The molecule has 0 radical (unpaired) electrons. The zero-order chi connectivity index (χ0) is 17.4. The lowest BCUT2D eigenvalue weighted by molar-refractivity contribution is -0.145. The molecule has 0 spiro atoms. The van der Waals surface area contributed by atoms with E-state index in [4.69, 9.17) is 0 Å². The van der Waals surface area contributed by atoms with Crippen molar-refractivity contribution in [2.45, 2.75) is 57.4 Å². The third kappa shape index (κ3) is 7.20. The number of amides is 2. The highest BCUT2D eigenvalue weighted by Gasteiger charge is 2.29. The van der Waals surface area contributed by atoms with Crippen LogP contribution in [0.3, 0.4) is 0 Å². The molecule has 2 rings (SSSR count). The molecule has 1 unspecified atom stereocenters. The van der Waals surface area contributed by atoms with Crippen LogP contribution in [0, 0.1) is 0 Å². The highest BCUT2D eigenvalue weighted by molar-refractivity contribution is 5.85. The van der Waals surface area contributed by atoms with E-state index in [-0.39, 0.29) is 30.8 Å². The molecule has 0 aromatic carbocycles. The Bertz CT molecular complexity index is 461. The molecule has 2 aliphatic heterocycles. The molecule has 2 heterocycles. The maximum atomic E-state index is 12.0. The van der Waals surface area contributed by atoms with E-state index in [0.717, 1.165) is 45.1 Å². The van der Waals surface area contributed by atoms with Crippen molar-refractivity contribution < 1.29 is 19.5 Å². The minimum Gasteiger partial charge on any atom is -0.480 e. The lowest BCUT2D eigenvalue weighted by Crippen LogP contribution is -2.49. The van der Waals surface area contributed by atoms with Crippen LogP contribution >= 0.6 is 12.4 Å². The molecule has 8 heteroatoms. The maximum absolute atomic E-state index is 12.0. The van der Waals surface area contributed by atoms with Crippen LogP contribution in [0.5, 0.6) is 0 Å². The SMILES string of the molecule is Cl.O=C(CN1CCCCC1C(=O)O)NCCCN1CCCCCC1=O. The molecule has 2 amide bonds. The van der Waals surface area contributed by atoms with Gasteiger partial charge >= 0.3 is 5.97 Å². The molecular weight excluding hydrogens is 346 g/mol. The third-order valence-corrected chi connectivity index (χ3v) is 4.84. The van der Waals surface area contributed by atoms with Crippen molar-refractivity contribution in [2.24, 2.45) is 0 Å². The zero-order valence-electron chi connectivity index (χ0n) is 14.7. The maximum Gasteiger partial charge on any atom is 0.320 e. The van der Waals surface area contributed by atoms with Crippen molar-refractivity contribution in [3.8, 4) is 0 Å². The smallest absolute Gasteiger partial charge is 0.320 e. The van der Waals surface area contributed by atoms with Gasteiger partial charge in [0.25, 0.3) is 0 Å². The average molecular weight is 376 g/mol. The van der Waals surface area contributed by atoms with Gasteiger partial charge in [-0.3, -0.25) is 19.3 Å². The topological polar surface area (TPSA) is 89.9 Å². The summed E-state index contributed by atoms with van der Waals surface area (Å²) in [6.07, 6.45) is 6.97. The van der Waals surface area contributed by atoms with E-state index in [1.165, 1.54) is 0 Å². The van der Waals surface area contributed by atoms with E-state index in [2.05, 4.69) is 5.32 Å². The Morgan fingerprint density at radius 1 is 1.12 bits per heavy atom. The molecule has 2 aliphatic rings. The Kier molecular flexibility index (Phi) is 9.82. The number of piperidine rings is 1. The molecule has 0 aromatic heterocycles. The number of carbonyl (C=O) groups excluding carboxylic acids is 2. The summed E-state index contributed by atoms with van der Waals surface area (Å²) in [5.41, 5.74) is 0. The Morgan fingerprint density at radius 3 is 2.64 bits per heavy atom. The van der Waals surface area contributed by atoms with Crippen LogP contribution in [0.25, 0.3) is 0 Å². The number of nitrogens with zero attached hydrogens (tertiary/aromatic N) is 2. The zero-order valence-corrected chi connectivity index (χ0v) is 15.6. The van der Waals surface area contributed by atoms with Gasteiger partial charge in [-0.25, -0.2) is 0 Å². The van der Waals surface area contributed by atoms with Crippen LogP contribution in [0.15, 0.2) is 0 Å². The van der Waals surface area contributed by atoms with E-state index in [1.807, 2.05) is 4.90 Å². The van der Waals surface area contributed by atoms with Crippen molar-refractivity contribution in [1.82, 2.24) is 15.1 Å². The average Bonchev–Trinajstić information content (AvgIpc) is 2.76. The first-order chi connectivity index (χ1) is 11.6. The van der Waals surface area contributed by atoms with Crippen molar-refractivity contribution in [2.75, 3.05) is 32.7 Å². The van der Waals surface area contributed by atoms with Crippen LogP contribution in [-0.4, -0.2) is 71.5 Å². The van der Waals surface area contributed by atoms with Crippen LogP contribution < -0.4 is 5.32 Å². The molecule has 25 heavy (non-hydrogen) atoms. The van der Waals surface area contributed by atoms with E-state index in [1.54, 1.807) is 4.90 Å². The molecule has 0 saturated carbocycles. The first-order valence-corrected chi connectivity index (χ1v) is 9.09. The Labute approximate surface area is 155 Å². The number of carboxylic acids is 1. The van der Waals surface area contributed by atoms with E-state index >= 15 is 0 Å². The second-order valence-electron chi connectivity index (χ2n) is 6.72. The number of aliphatic carboxylic acids is 1. The molecule has 2 N–H and O–H groups in total. The van der Waals surface area contributed by atoms with Gasteiger partial charge in [0.1, 0.15) is 6.04 Å². The number of hydrogen-bond donors (Lipinski definition) is 2. The van der Waals surface area contributed by atoms with E-state index < -0.39 is 12.0 Å². The standard InChI is InChI=1S/C17H29N3O4.ClH/c21-15(13-20-11-5-3-7-14(20)17(23)24)18-9-6-12-19-10-4-1-2-8-16(19)22;/h14H,1-13H2,(H,18,21)(H,23,24);1H. The first-order valence-electron chi connectivity index (χ1n) is 9.09. The predicted molar refractivity (Wildman–Crippen MR) is 96.8 cm³/mol. The Morgan fingerprint density at radius 2 is 1.88 bits per heavy atom. The second kappa shape index (κ2) is 11.3. The molecule has 1 atom stereocenters. The summed E-state index contributed by atoms with van der Waals surface area (Å²) in [5, 5.41) is 12.1. The number of nitrogens with one attached hydrogen (secondary N) is 1. The van der Waals surface area contributed by atoms with Gasteiger partial charge < -0.3 is 15.3 Å². The van der Waals surface area contributed by atoms with Gasteiger partial charge in [0.2, 0.25) is 11.8 Å². The lowest BCUT2D eigenvalue weighted by atomic mass is 10.0. The number of halogens is 1. The Hall–Kier alpha value is -1.34. The fourth-order valence-electron chi connectivity index (χ4n) is 3.47. The number of rotatable bonds is 7. The van der Waals surface area contributed by atoms with Gasteiger partial charge in [-0.15, -0.1) is 12.4 Å². The second-order valence-corrected chi connectivity index (χ2v) is 6.72. The van der Waals surface area contributed by atoms with Crippen molar-refractivity contribution in [3.63, 3.8) is 0 Å².